The van der Waals surface area contributed by atoms with E-state index in [4.69, 9.17) is 9.47 Å². The van der Waals surface area contributed by atoms with Gasteiger partial charge in [-0.05, 0) is 36.8 Å². The first-order chi connectivity index (χ1) is 15.1. The van der Waals surface area contributed by atoms with Gasteiger partial charge in [0.05, 0.1) is 5.69 Å². The van der Waals surface area contributed by atoms with Crippen LogP contribution in [0.2, 0.25) is 0 Å². The number of aromatic nitrogens is 2. The van der Waals surface area contributed by atoms with Crippen molar-refractivity contribution in [1.82, 2.24) is 10.2 Å². The molecule has 1 aromatic heterocycles. The third-order valence-electron chi connectivity index (χ3n) is 4.93. The van der Waals surface area contributed by atoms with Gasteiger partial charge in [0.25, 0.3) is 0 Å². The highest BCUT2D eigenvalue weighted by Crippen LogP contribution is 2.47. The molecule has 2 amide bonds. The van der Waals surface area contributed by atoms with Gasteiger partial charge in [-0.3, -0.25) is 14.9 Å². The van der Waals surface area contributed by atoms with Crippen LogP contribution in [-0.2, 0) is 9.59 Å². The highest BCUT2D eigenvalue weighted by molar-refractivity contribution is 7.99. The Bertz CT molecular complexity index is 1170. The van der Waals surface area contributed by atoms with Crippen molar-refractivity contribution in [2.24, 2.45) is 0 Å². The highest BCUT2D eigenvalue weighted by Gasteiger charge is 2.31. The SMILES string of the molecule is Cc1nnc(NC(=O)CN2C(=O)CC(c3ccc4c(c3)OCO4)Sc3ccccc32)s1. The van der Waals surface area contributed by atoms with E-state index in [1.54, 1.807) is 16.7 Å². The Morgan fingerprint density at radius 3 is 2.87 bits per heavy atom. The number of nitrogens with one attached hydrogen (secondary N) is 1. The molecular weight excluding hydrogens is 436 g/mol. The zero-order chi connectivity index (χ0) is 21.4. The van der Waals surface area contributed by atoms with Crippen LogP contribution < -0.4 is 19.7 Å². The van der Waals surface area contributed by atoms with Crippen LogP contribution in [0.1, 0.15) is 22.2 Å². The van der Waals surface area contributed by atoms with Crippen molar-refractivity contribution in [3.05, 3.63) is 53.0 Å². The van der Waals surface area contributed by atoms with Crippen LogP contribution in [0.15, 0.2) is 47.4 Å². The van der Waals surface area contributed by atoms with E-state index in [2.05, 4.69) is 15.5 Å². The number of benzene rings is 2. The molecule has 0 radical (unpaired) electrons. The normalized spacial score (nSPS) is 17.3. The van der Waals surface area contributed by atoms with Crippen molar-refractivity contribution in [2.75, 3.05) is 23.6 Å². The minimum absolute atomic E-state index is 0.0944. The zero-order valence-electron chi connectivity index (χ0n) is 16.5. The summed E-state index contributed by atoms with van der Waals surface area (Å²) in [6.07, 6.45) is 0.254. The summed E-state index contributed by atoms with van der Waals surface area (Å²) in [4.78, 5) is 28.4. The molecule has 2 aliphatic heterocycles. The average Bonchev–Trinajstić information content (AvgIpc) is 3.36. The molecule has 1 atom stereocenters. The van der Waals surface area contributed by atoms with Crippen LogP contribution in [0.3, 0.4) is 0 Å². The third kappa shape index (κ3) is 4.08. The highest BCUT2D eigenvalue weighted by atomic mass is 32.2. The summed E-state index contributed by atoms with van der Waals surface area (Å²) in [6.45, 7) is 1.92. The largest absolute Gasteiger partial charge is 0.454 e. The number of nitrogens with zero attached hydrogens (tertiary/aromatic N) is 3. The molecule has 8 nitrogen and oxygen atoms in total. The van der Waals surface area contributed by atoms with Crippen molar-refractivity contribution >= 4 is 45.7 Å². The van der Waals surface area contributed by atoms with E-state index >= 15 is 0 Å². The number of ether oxygens (including phenoxy) is 2. The summed E-state index contributed by atoms with van der Waals surface area (Å²) in [5.74, 6) is 0.959. The van der Waals surface area contributed by atoms with Crippen molar-refractivity contribution < 1.29 is 19.1 Å². The second-order valence-corrected chi connectivity index (χ2v) is 9.47. The number of rotatable bonds is 4. The van der Waals surface area contributed by atoms with Crippen LogP contribution in [0.4, 0.5) is 10.8 Å². The van der Waals surface area contributed by atoms with E-state index in [0.29, 0.717) is 16.6 Å². The van der Waals surface area contributed by atoms with Gasteiger partial charge in [0.1, 0.15) is 11.6 Å². The lowest BCUT2D eigenvalue weighted by molar-refractivity contribution is -0.121. The summed E-state index contributed by atoms with van der Waals surface area (Å²) in [7, 11) is 0. The van der Waals surface area contributed by atoms with Gasteiger partial charge in [0.2, 0.25) is 23.7 Å². The molecule has 2 aliphatic rings. The minimum Gasteiger partial charge on any atom is -0.454 e. The van der Waals surface area contributed by atoms with Crippen LogP contribution >= 0.6 is 23.1 Å². The molecule has 3 heterocycles. The minimum atomic E-state index is -0.314. The lowest BCUT2D eigenvalue weighted by Gasteiger charge is -2.21. The predicted octanol–water partition coefficient (Wildman–Crippen LogP) is 3.78. The van der Waals surface area contributed by atoms with E-state index in [-0.39, 0.29) is 36.8 Å². The molecule has 3 aromatic rings. The first-order valence-corrected chi connectivity index (χ1v) is 11.3. The number of aryl methyl sites for hydroxylation is 1. The Hall–Kier alpha value is -3.11. The van der Waals surface area contributed by atoms with Gasteiger partial charge in [-0.15, -0.1) is 22.0 Å². The van der Waals surface area contributed by atoms with Gasteiger partial charge in [0.15, 0.2) is 11.5 Å². The van der Waals surface area contributed by atoms with E-state index in [1.807, 2.05) is 49.4 Å². The lowest BCUT2D eigenvalue weighted by atomic mass is 10.1. The van der Waals surface area contributed by atoms with Crippen LogP contribution in [0.5, 0.6) is 11.5 Å². The van der Waals surface area contributed by atoms with Gasteiger partial charge in [0, 0.05) is 16.6 Å². The molecule has 2 aromatic carbocycles. The van der Waals surface area contributed by atoms with Gasteiger partial charge < -0.3 is 14.4 Å². The Labute approximate surface area is 186 Å². The second-order valence-electron chi connectivity index (χ2n) is 7.05. The zero-order valence-corrected chi connectivity index (χ0v) is 18.2. The van der Waals surface area contributed by atoms with Crippen molar-refractivity contribution in [1.29, 1.82) is 0 Å². The van der Waals surface area contributed by atoms with Crippen molar-refractivity contribution in [3.8, 4) is 11.5 Å². The first-order valence-electron chi connectivity index (χ1n) is 9.62. The lowest BCUT2D eigenvalue weighted by Crippen LogP contribution is -2.38. The van der Waals surface area contributed by atoms with Gasteiger partial charge in [-0.25, -0.2) is 0 Å². The molecule has 158 valence electrons. The van der Waals surface area contributed by atoms with Gasteiger partial charge >= 0.3 is 0 Å². The molecule has 0 bridgehead atoms. The van der Waals surface area contributed by atoms with Crippen LogP contribution in [0.25, 0.3) is 0 Å². The average molecular weight is 455 g/mol. The second kappa shape index (κ2) is 8.20. The quantitative estimate of drug-likeness (QED) is 0.641. The monoisotopic (exact) mass is 454 g/mol. The molecule has 0 saturated heterocycles. The van der Waals surface area contributed by atoms with Crippen molar-refractivity contribution in [3.63, 3.8) is 0 Å². The fourth-order valence-electron chi connectivity index (χ4n) is 3.50. The molecular formula is C21H18N4O4S2. The Morgan fingerprint density at radius 2 is 2.03 bits per heavy atom. The van der Waals surface area contributed by atoms with Gasteiger partial charge in [-0.1, -0.05) is 29.5 Å². The maximum atomic E-state index is 13.2. The molecule has 0 fully saturated rings. The first kappa shape index (κ1) is 19.8. The standard InChI is InChI=1S/C21H18N4O4S2/c1-12-23-24-21(30-12)22-19(26)10-25-14-4-2-3-5-17(14)31-18(9-20(25)27)13-6-7-15-16(8-13)29-11-28-15/h2-8,18H,9-11H2,1H3,(H,22,24,26). The summed E-state index contributed by atoms with van der Waals surface area (Å²) in [5, 5.41) is 11.6. The molecule has 31 heavy (non-hydrogen) atoms. The fourth-order valence-corrected chi connectivity index (χ4v) is 5.38. The predicted molar refractivity (Wildman–Crippen MR) is 118 cm³/mol. The maximum absolute atomic E-state index is 13.2. The molecule has 0 aliphatic carbocycles. The van der Waals surface area contributed by atoms with Crippen LogP contribution in [-0.4, -0.2) is 35.3 Å². The Kier molecular flexibility index (Phi) is 5.24. The number of amides is 2. The summed E-state index contributed by atoms with van der Waals surface area (Å²) >= 11 is 2.90. The number of carbonyl (C=O) groups is 2. The van der Waals surface area contributed by atoms with Gasteiger partial charge in [-0.2, -0.15) is 0 Å². The van der Waals surface area contributed by atoms with Crippen molar-refractivity contribution in [2.45, 2.75) is 23.5 Å². The smallest absolute Gasteiger partial charge is 0.246 e. The maximum Gasteiger partial charge on any atom is 0.246 e. The summed E-state index contributed by atoms with van der Waals surface area (Å²) in [6, 6.07) is 13.4. The van der Waals surface area contributed by atoms with E-state index in [1.165, 1.54) is 11.3 Å². The number of thioether (sulfide) groups is 1. The molecule has 1 unspecified atom stereocenters. The number of anilines is 2. The number of fused-ring (bicyclic) bond motifs is 2. The van der Waals surface area contributed by atoms with Crippen LogP contribution in [0, 0.1) is 6.92 Å². The Balaban J connectivity index is 1.40. The number of hydrogen-bond acceptors (Lipinski definition) is 8. The number of para-hydroxylation sites is 1. The number of hydrogen-bond donors (Lipinski definition) is 1. The molecule has 0 spiro atoms. The Morgan fingerprint density at radius 1 is 1.19 bits per heavy atom. The van der Waals surface area contributed by atoms with E-state index < -0.39 is 0 Å². The molecule has 5 rings (SSSR count). The fraction of sp³-hybridized carbons (Fsp3) is 0.238. The molecule has 0 saturated carbocycles. The number of carbonyl (C=O) groups excluding carboxylic acids is 2. The molecule has 1 N–H and O–H groups in total. The third-order valence-corrected chi connectivity index (χ3v) is 7.01. The molecule has 10 heteroatoms. The van der Waals surface area contributed by atoms with E-state index in [9.17, 15) is 9.59 Å². The summed E-state index contributed by atoms with van der Waals surface area (Å²) < 4.78 is 10.9. The van der Waals surface area contributed by atoms with E-state index in [0.717, 1.165) is 21.2 Å². The topological polar surface area (TPSA) is 93.7 Å². The summed E-state index contributed by atoms with van der Waals surface area (Å²) in [5.41, 5.74) is 1.71.